The van der Waals surface area contributed by atoms with E-state index in [0.717, 1.165) is 62.0 Å². The first-order valence-electron chi connectivity index (χ1n) is 12.5. The summed E-state index contributed by atoms with van der Waals surface area (Å²) in [5.41, 5.74) is 2.15. The second-order valence-corrected chi connectivity index (χ2v) is 9.84. The van der Waals surface area contributed by atoms with Crippen LogP contribution in [-0.2, 0) is 6.54 Å². The van der Waals surface area contributed by atoms with Crippen LogP contribution >= 0.6 is 0 Å². The van der Waals surface area contributed by atoms with Gasteiger partial charge in [-0.2, -0.15) is 0 Å². The van der Waals surface area contributed by atoms with E-state index in [-0.39, 0.29) is 0 Å². The Morgan fingerprint density at radius 2 is 1.88 bits per heavy atom. The number of hydrogen-bond acceptors (Lipinski definition) is 7. The standard InChI is InChI=1S/C26H33N5O2/c1-2-6-24-23(5-1)26(28-33-24)31-14-13-30-17-21(7-9-22(30)18-31)19-32-25-10-8-20(15-27-25)16-29-11-3-4-12-29/h1-2,5-6,8,10,15,21-22H,3-4,7,9,11-14,16-19H2/t21-,22-/m1/s1. The summed E-state index contributed by atoms with van der Waals surface area (Å²) in [5.74, 6) is 2.31. The zero-order valence-corrected chi connectivity index (χ0v) is 19.2. The number of nitrogens with zero attached hydrogens (tertiary/aromatic N) is 5. The van der Waals surface area contributed by atoms with Gasteiger partial charge < -0.3 is 14.2 Å². The van der Waals surface area contributed by atoms with Crippen molar-refractivity contribution < 1.29 is 9.26 Å². The molecule has 0 aliphatic carbocycles. The molecule has 3 aliphatic rings. The summed E-state index contributed by atoms with van der Waals surface area (Å²) in [6.45, 7) is 8.35. The molecule has 3 aromatic rings. The van der Waals surface area contributed by atoms with E-state index in [4.69, 9.17) is 9.26 Å². The minimum Gasteiger partial charge on any atom is -0.477 e. The largest absolute Gasteiger partial charge is 0.477 e. The van der Waals surface area contributed by atoms with Crippen molar-refractivity contribution in [3.63, 3.8) is 0 Å². The third kappa shape index (κ3) is 4.57. The van der Waals surface area contributed by atoms with Crippen LogP contribution in [0.15, 0.2) is 47.1 Å². The number of hydrogen-bond donors (Lipinski definition) is 0. The number of piperidine rings is 1. The number of aromatic nitrogens is 2. The Bertz CT molecular complexity index is 1060. The second-order valence-electron chi connectivity index (χ2n) is 9.84. The van der Waals surface area contributed by atoms with E-state index >= 15 is 0 Å². The molecule has 0 unspecified atom stereocenters. The fraction of sp³-hybridized carbons (Fsp3) is 0.538. The van der Waals surface area contributed by atoms with Gasteiger partial charge >= 0.3 is 0 Å². The van der Waals surface area contributed by atoms with Gasteiger partial charge in [-0.25, -0.2) is 4.98 Å². The molecule has 0 spiro atoms. The summed E-state index contributed by atoms with van der Waals surface area (Å²) < 4.78 is 11.6. The molecule has 3 fully saturated rings. The Kier molecular flexibility index (Phi) is 5.91. The Balaban J connectivity index is 0.998. The predicted octanol–water partition coefficient (Wildman–Crippen LogP) is 3.80. The number of rotatable bonds is 6. The number of benzene rings is 1. The Labute approximate surface area is 195 Å². The van der Waals surface area contributed by atoms with Gasteiger partial charge in [0.25, 0.3) is 0 Å². The highest BCUT2D eigenvalue weighted by molar-refractivity contribution is 5.88. The maximum Gasteiger partial charge on any atom is 0.213 e. The van der Waals surface area contributed by atoms with Crippen LogP contribution < -0.4 is 9.64 Å². The van der Waals surface area contributed by atoms with Gasteiger partial charge in [-0.05, 0) is 56.5 Å². The van der Waals surface area contributed by atoms with Gasteiger partial charge in [0.05, 0.1) is 12.0 Å². The molecule has 174 valence electrons. The molecule has 1 aromatic carbocycles. The number of ether oxygens (including phenoxy) is 1. The third-order valence-corrected chi connectivity index (χ3v) is 7.53. The van der Waals surface area contributed by atoms with Gasteiger partial charge in [-0.3, -0.25) is 9.80 Å². The van der Waals surface area contributed by atoms with Gasteiger partial charge in [-0.1, -0.05) is 23.4 Å². The van der Waals surface area contributed by atoms with Gasteiger partial charge in [0.15, 0.2) is 11.4 Å². The minimum atomic E-state index is 0.562. The van der Waals surface area contributed by atoms with Crippen LogP contribution in [0.2, 0.25) is 0 Å². The lowest BCUT2D eigenvalue weighted by atomic mass is 9.91. The van der Waals surface area contributed by atoms with Crippen molar-refractivity contribution in [1.29, 1.82) is 0 Å². The smallest absolute Gasteiger partial charge is 0.213 e. The van der Waals surface area contributed by atoms with Crippen LogP contribution in [0.4, 0.5) is 5.82 Å². The van der Waals surface area contributed by atoms with Gasteiger partial charge in [0, 0.05) is 56.9 Å². The van der Waals surface area contributed by atoms with Crippen LogP contribution in [-0.4, -0.2) is 71.9 Å². The molecule has 3 aliphatic heterocycles. The maximum absolute atomic E-state index is 6.09. The Morgan fingerprint density at radius 1 is 0.970 bits per heavy atom. The maximum atomic E-state index is 6.09. The summed E-state index contributed by atoms with van der Waals surface area (Å²) in [7, 11) is 0. The average Bonchev–Trinajstić information content (AvgIpc) is 3.53. The molecular formula is C26H33N5O2. The summed E-state index contributed by atoms with van der Waals surface area (Å²) in [5, 5.41) is 5.49. The molecule has 0 saturated carbocycles. The zero-order valence-electron chi connectivity index (χ0n) is 19.2. The van der Waals surface area contributed by atoms with Crippen LogP contribution in [0.5, 0.6) is 5.88 Å². The summed E-state index contributed by atoms with van der Waals surface area (Å²) in [4.78, 5) is 12.1. The lowest BCUT2D eigenvalue weighted by Crippen LogP contribution is -2.57. The number of fused-ring (bicyclic) bond motifs is 2. The van der Waals surface area contributed by atoms with Gasteiger partial charge in [0.1, 0.15) is 0 Å². The number of para-hydroxylation sites is 1. The van der Waals surface area contributed by atoms with E-state index < -0.39 is 0 Å². The fourth-order valence-corrected chi connectivity index (χ4v) is 5.68. The molecule has 6 rings (SSSR count). The van der Waals surface area contributed by atoms with Gasteiger partial charge in [0.2, 0.25) is 5.88 Å². The molecule has 7 heteroatoms. The predicted molar refractivity (Wildman–Crippen MR) is 129 cm³/mol. The summed E-state index contributed by atoms with van der Waals surface area (Å²) >= 11 is 0. The average molecular weight is 448 g/mol. The first-order chi connectivity index (χ1) is 16.3. The van der Waals surface area contributed by atoms with E-state index in [9.17, 15) is 0 Å². The number of piperazine rings is 1. The number of anilines is 1. The minimum absolute atomic E-state index is 0.562. The summed E-state index contributed by atoms with van der Waals surface area (Å²) in [6.07, 6.45) is 7.02. The zero-order chi connectivity index (χ0) is 22.0. The van der Waals surface area contributed by atoms with Crippen molar-refractivity contribution in [2.45, 2.75) is 38.3 Å². The first-order valence-corrected chi connectivity index (χ1v) is 12.5. The third-order valence-electron chi connectivity index (χ3n) is 7.53. The van der Waals surface area contributed by atoms with Crippen molar-refractivity contribution in [2.24, 2.45) is 5.92 Å². The van der Waals surface area contributed by atoms with Crippen molar-refractivity contribution in [3.05, 3.63) is 48.2 Å². The summed E-state index contributed by atoms with van der Waals surface area (Å²) in [6, 6.07) is 12.9. The molecule has 2 atom stereocenters. The highest BCUT2D eigenvalue weighted by Crippen LogP contribution is 2.31. The van der Waals surface area contributed by atoms with Gasteiger partial charge in [-0.15, -0.1) is 0 Å². The monoisotopic (exact) mass is 447 g/mol. The van der Waals surface area contributed by atoms with Crippen LogP contribution in [0.1, 0.15) is 31.2 Å². The van der Waals surface area contributed by atoms with Crippen molar-refractivity contribution in [3.8, 4) is 5.88 Å². The molecular weight excluding hydrogens is 414 g/mol. The Morgan fingerprint density at radius 3 is 2.76 bits per heavy atom. The molecule has 3 saturated heterocycles. The van der Waals surface area contributed by atoms with Crippen LogP contribution in [0, 0.1) is 5.92 Å². The lowest BCUT2D eigenvalue weighted by Gasteiger charge is -2.46. The topological polar surface area (TPSA) is 57.9 Å². The molecule has 33 heavy (non-hydrogen) atoms. The molecule has 2 aromatic heterocycles. The molecule has 5 heterocycles. The molecule has 0 radical (unpaired) electrons. The van der Waals surface area contributed by atoms with Crippen molar-refractivity contribution >= 4 is 16.8 Å². The van der Waals surface area contributed by atoms with Crippen molar-refractivity contribution in [1.82, 2.24) is 19.9 Å². The van der Waals surface area contributed by atoms with E-state index in [2.05, 4.69) is 43.0 Å². The molecule has 0 bridgehead atoms. The lowest BCUT2D eigenvalue weighted by molar-refractivity contribution is 0.0716. The van der Waals surface area contributed by atoms with Crippen LogP contribution in [0.25, 0.3) is 11.0 Å². The van der Waals surface area contributed by atoms with E-state index in [1.54, 1.807) is 0 Å². The molecule has 0 amide bonds. The fourth-order valence-electron chi connectivity index (χ4n) is 5.68. The van der Waals surface area contributed by atoms with E-state index in [0.29, 0.717) is 12.0 Å². The molecule has 7 nitrogen and oxygen atoms in total. The first kappa shape index (κ1) is 20.9. The highest BCUT2D eigenvalue weighted by Gasteiger charge is 2.34. The SMILES string of the molecule is c1ccc2c(N3CCN4C[C@H](COc5ccc(CN6CCCC6)cn5)CC[C@@H]4C3)noc2c1. The van der Waals surface area contributed by atoms with E-state index in [1.807, 2.05) is 24.4 Å². The van der Waals surface area contributed by atoms with Crippen LogP contribution in [0.3, 0.4) is 0 Å². The van der Waals surface area contributed by atoms with E-state index in [1.165, 1.54) is 44.3 Å². The highest BCUT2D eigenvalue weighted by atomic mass is 16.5. The Hall–Kier alpha value is -2.64. The normalized spacial score (nSPS) is 24.3. The molecule has 0 N–H and O–H groups in total. The number of likely N-dealkylation sites (tertiary alicyclic amines) is 1. The second kappa shape index (κ2) is 9.31. The quantitative estimate of drug-likeness (QED) is 0.570. The van der Waals surface area contributed by atoms with Crippen molar-refractivity contribution in [2.75, 3.05) is 50.8 Å². The number of pyridine rings is 1.